The fourth-order valence-electron chi connectivity index (χ4n) is 1.51. The van der Waals surface area contributed by atoms with Gasteiger partial charge in [0.15, 0.2) is 11.6 Å². The van der Waals surface area contributed by atoms with Crippen LogP contribution in [0.3, 0.4) is 0 Å². The number of ether oxygens (including phenoxy) is 1. The zero-order chi connectivity index (χ0) is 13.1. The van der Waals surface area contributed by atoms with Crippen LogP contribution in [-0.2, 0) is 0 Å². The Bertz CT molecular complexity index is 556. The van der Waals surface area contributed by atoms with E-state index in [4.69, 9.17) is 10.5 Å². The summed E-state index contributed by atoms with van der Waals surface area (Å²) < 4.78 is 31.6. The summed E-state index contributed by atoms with van der Waals surface area (Å²) in [4.78, 5) is 0. The molecule has 0 atom stereocenters. The molecule has 0 heterocycles. The van der Waals surface area contributed by atoms with Crippen LogP contribution in [0, 0.1) is 11.6 Å². The number of hydrogen-bond donors (Lipinski definition) is 2. The molecule has 0 amide bonds. The average molecular weight is 250 g/mol. The lowest BCUT2D eigenvalue weighted by Gasteiger charge is -2.11. The minimum Gasteiger partial charge on any atom is -0.497 e. The molecule has 0 aliphatic heterocycles. The van der Waals surface area contributed by atoms with Crippen LogP contribution >= 0.6 is 0 Å². The van der Waals surface area contributed by atoms with Crippen molar-refractivity contribution in [2.24, 2.45) is 0 Å². The largest absolute Gasteiger partial charge is 0.497 e. The summed E-state index contributed by atoms with van der Waals surface area (Å²) >= 11 is 0. The standard InChI is InChI=1S/C13H12F2N2O/c1-18-9-4-2-8(3-5-9)17-13-11(16)7-6-10(14)12(13)15/h2-7,17H,16H2,1H3. The van der Waals surface area contributed by atoms with Crippen LogP contribution in [0.5, 0.6) is 5.75 Å². The van der Waals surface area contributed by atoms with E-state index in [2.05, 4.69) is 5.32 Å². The highest BCUT2D eigenvalue weighted by molar-refractivity contribution is 5.73. The van der Waals surface area contributed by atoms with Crippen LogP contribution in [-0.4, -0.2) is 7.11 Å². The van der Waals surface area contributed by atoms with E-state index in [1.54, 1.807) is 31.4 Å². The molecule has 2 aromatic rings. The van der Waals surface area contributed by atoms with E-state index in [0.717, 1.165) is 6.07 Å². The van der Waals surface area contributed by atoms with E-state index in [9.17, 15) is 8.78 Å². The maximum Gasteiger partial charge on any atom is 0.184 e. The third-order valence-corrected chi connectivity index (χ3v) is 2.49. The minimum atomic E-state index is -0.995. The van der Waals surface area contributed by atoms with Gasteiger partial charge in [0.1, 0.15) is 11.4 Å². The van der Waals surface area contributed by atoms with Crippen molar-refractivity contribution in [3.8, 4) is 5.75 Å². The van der Waals surface area contributed by atoms with Gasteiger partial charge in [0, 0.05) is 5.69 Å². The molecule has 0 spiro atoms. The van der Waals surface area contributed by atoms with Crippen molar-refractivity contribution in [3.05, 3.63) is 48.0 Å². The van der Waals surface area contributed by atoms with E-state index in [1.807, 2.05) is 0 Å². The van der Waals surface area contributed by atoms with Gasteiger partial charge in [-0.05, 0) is 36.4 Å². The summed E-state index contributed by atoms with van der Waals surface area (Å²) in [7, 11) is 1.55. The number of anilines is 3. The molecule has 2 rings (SSSR count). The van der Waals surface area contributed by atoms with Gasteiger partial charge in [-0.25, -0.2) is 8.78 Å². The van der Waals surface area contributed by atoms with Crippen LogP contribution in [0.15, 0.2) is 36.4 Å². The Morgan fingerprint density at radius 1 is 1.06 bits per heavy atom. The Morgan fingerprint density at radius 3 is 2.33 bits per heavy atom. The molecule has 0 aliphatic carbocycles. The van der Waals surface area contributed by atoms with Gasteiger partial charge in [-0.15, -0.1) is 0 Å². The molecule has 94 valence electrons. The van der Waals surface area contributed by atoms with Crippen molar-refractivity contribution in [1.82, 2.24) is 0 Å². The number of nitrogens with one attached hydrogen (secondary N) is 1. The second kappa shape index (κ2) is 4.91. The lowest BCUT2D eigenvalue weighted by Crippen LogP contribution is -2.01. The third kappa shape index (κ3) is 2.34. The minimum absolute atomic E-state index is 0.0693. The molecule has 0 unspecified atom stereocenters. The fourth-order valence-corrected chi connectivity index (χ4v) is 1.51. The van der Waals surface area contributed by atoms with Crippen molar-refractivity contribution in [2.75, 3.05) is 18.2 Å². The summed E-state index contributed by atoms with van der Waals surface area (Å²) in [6.45, 7) is 0. The van der Waals surface area contributed by atoms with Gasteiger partial charge in [-0.3, -0.25) is 0 Å². The first-order valence-electron chi connectivity index (χ1n) is 5.26. The van der Waals surface area contributed by atoms with Gasteiger partial charge in [0.25, 0.3) is 0 Å². The zero-order valence-electron chi connectivity index (χ0n) is 9.71. The molecule has 0 radical (unpaired) electrons. The number of rotatable bonds is 3. The fraction of sp³-hybridized carbons (Fsp3) is 0.0769. The highest BCUT2D eigenvalue weighted by Crippen LogP contribution is 2.28. The lowest BCUT2D eigenvalue weighted by atomic mass is 10.2. The second-order valence-electron chi connectivity index (χ2n) is 3.68. The van der Waals surface area contributed by atoms with Crippen LogP contribution in [0.1, 0.15) is 0 Å². The molecule has 3 nitrogen and oxygen atoms in total. The van der Waals surface area contributed by atoms with Crippen molar-refractivity contribution in [1.29, 1.82) is 0 Å². The first kappa shape index (κ1) is 12.2. The average Bonchev–Trinajstić information content (AvgIpc) is 2.40. The second-order valence-corrected chi connectivity index (χ2v) is 3.68. The summed E-state index contributed by atoms with van der Waals surface area (Å²) in [5.74, 6) is -1.26. The van der Waals surface area contributed by atoms with Gasteiger partial charge < -0.3 is 15.8 Å². The van der Waals surface area contributed by atoms with Crippen molar-refractivity contribution >= 4 is 17.1 Å². The molecular formula is C13H12F2N2O. The van der Waals surface area contributed by atoms with Crippen LogP contribution < -0.4 is 15.8 Å². The number of nitrogen functional groups attached to an aromatic ring is 1. The predicted molar refractivity (Wildman–Crippen MR) is 67.0 cm³/mol. The lowest BCUT2D eigenvalue weighted by molar-refractivity contribution is 0.415. The predicted octanol–water partition coefficient (Wildman–Crippen LogP) is 3.30. The van der Waals surface area contributed by atoms with Gasteiger partial charge in [-0.1, -0.05) is 0 Å². The number of halogens is 2. The van der Waals surface area contributed by atoms with E-state index < -0.39 is 11.6 Å². The highest BCUT2D eigenvalue weighted by atomic mass is 19.2. The molecule has 5 heteroatoms. The summed E-state index contributed by atoms with van der Waals surface area (Å²) in [5.41, 5.74) is 6.26. The van der Waals surface area contributed by atoms with Gasteiger partial charge in [-0.2, -0.15) is 0 Å². The first-order valence-corrected chi connectivity index (χ1v) is 5.26. The molecule has 0 bridgehead atoms. The Morgan fingerprint density at radius 2 is 1.72 bits per heavy atom. The van der Waals surface area contributed by atoms with Gasteiger partial charge in [0.2, 0.25) is 0 Å². The Hall–Kier alpha value is -2.30. The Kier molecular flexibility index (Phi) is 3.32. The smallest absolute Gasteiger partial charge is 0.184 e. The van der Waals surface area contributed by atoms with Gasteiger partial charge >= 0.3 is 0 Å². The molecule has 0 aromatic heterocycles. The maximum absolute atomic E-state index is 13.6. The Labute approximate surface area is 103 Å². The number of methoxy groups -OCH3 is 1. The first-order chi connectivity index (χ1) is 8.61. The topological polar surface area (TPSA) is 47.3 Å². The van der Waals surface area contributed by atoms with Crippen molar-refractivity contribution < 1.29 is 13.5 Å². The highest BCUT2D eigenvalue weighted by Gasteiger charge is 2.11. The number of benzene rings is 2. The molecule has 0 aliphatic rings. The normalized spacial score (nSPS) is 10.2. The van der Waals surface area contributed by atoms with Crippen LogP contribution in [0.4, 0.5) is 25.8 Å². The quantitative estimate of drug-likeness (QED) is 0.822. The summed E-state index contributed by atoms with van der Waals surface area (Å²) in [6, 6.07) is 9.07. The molecule has 2 aromatic carbocycles. The molecule has 0 saturated carbocycles. The van der Waals surface area contributed by atoms with Crippen molar-refractivity contribution in [2.45, 2.75) is 0 Å². The van der Waals surface area contributed by atoms with Crippen LogP contribution in [0.25, 0.3) is 0 Å². The van der Waals surface area contributed by atoms with E-state index in [-0.39, 0.29) is 11.4 Å². The monoisotopic (exact) mass is 250 g/mol. The van der Waals surface area contributed by atoms with E-state index >= 15 is 0 Å². The zero-order valence-corrected chi connectivity index (χ0v) is 9.71. The van der Waals surface area contributed by atoms with E-state index in [0.29, 0.717) is 11.4 Å². The van der Waals surface area contributed by atoms with Crippen molar-refractivity contribution in [3.63, 3.8) is 0 Å². The third-order valence-electron chi connectivity index (χ3n) is 2.49. The molecular weight excluding hydrogens is 238 g/mol. The summed E-state index contributed by atoms with van der Waals surface area (Å²) in [6.07, 6.45) is 0. The Balaban J connectivity index is 2.30. The SMILES string of the molecule is COc1ccc(Nc2c(N)ccc(F)c2F)cc1. The number of nitrogens with two attached hydrogens (primary N) is 1. The molecule has 18 heavy (non-hydrogen) atoms. The maximum atomic E-state index is 13.6. The summed E-state index contributed by atoms with van der Waals surface area (Å²) in [5, 5.41) is 2.74. The number of hydrogen-bond acceptors (Lipinski definition) is 3. The molecule has 0 fully saturated rings. The van der Waals surface area contributed by atoms with Gasteiger partial charge in [0.05, 0.1) is 12.8 Å². The van der Waals surface area contributed by atoms with E-state index in [1.165, 1.54) is 6.07 Å². The molecule has 3 N–H and O–H groups in total. The molecule has 0 saturated heterocycles. The van der Waals surface area contributed by atoms with Crippen LogP contribution in [0.2, 0.25) is 0 Å².